The van der Waals surface area contributed by atoms with Crippen LogP contribution in [0, 0.1) is 29.1 Å². The summed E-state index contributed by atoms with van der Waals surface area (Å²) in [6, 6.07) is 16.5. The average molecular weight is 450 g/mol. The molecular formula is C27H15F5O. The van der Waals surface area contributed by atoms with Crippen LogP contribution in [-0.4, -0.2) is 7.11 Å². The molecule has 0 atom stereocenters. The van der Waals surface area contributed by atoms with E-state index in [4.69, 9.17) is 4.74 Å². The van der Waals surface area contributed by atoms with Crippen molar-refractivity contribution >= 4 is 21.5 Å². The molecule has 0 aliphatic carbocycles. The third-order valence-corrected chi connectivity index (χ3v) is 5.70. The molecular weight excluding hydrogens is 435 g/mol. The maximum Gasteiger partial charge on any atom is 0.159 e. The first-order valence-corrected chi connectivity index (χ1v) is 10.0. The van der Waals surface area contributed by atoms with E-state index in [1.165, 1.54) is 25.3 Å². The lowest BCUT2D eigenvalue weighted by atomic mass is 9.85. The van der Waals surface area contributed by atoms with E-state index in [-0.39, 0.29) is 32.9 Å². The molecule has 5 aromatic rings. The summed E-state index contributed by atoms with van der Waals surface area (Å²) in [5, 5.41) is 0.387. The molecule has 6 heteroatoms. The first kappa shape index (κ1) is 20.9. The van der Waals surface area contributed by atoms with Crippen molar-refractivity contribution in [1.29, 1.82) is 0 Å². The van der Waals surface area contributed by atoms with Crippen LogP contribution >= 0.6 is 0 Å². The van der Waals surface area contributed by atoms with Crippen molar-refractivity contribution in [3.63, 3.8) is 0 Å². The van der Waals surface area contributed by atoms with Gasteiger partial charge in [0.15, 0.2) is 11.6 Å². The number of hydrogen-bond donors (Lipinski definition) is 0. The smallest absolute Gasteiger partial charge is 0.159 e. The van der Waals surface area contributed by atoms with Gasteiger partial charge in [0, 0.05) is 28.6 Å². The Hall–Kier alpha value is -3.93. The van der Waals surface area contributed by atoms with E-state index in [0.717, 1.165) is 24.3 Å². The van der Waals surface area contributed by atoms with Crippen LogP contribution in [0.15, 0.2) is 72.8 Å². The molecule has 0 aliphatic heterocycles. The van der Waals surface area contributed by atoms with Crippen LogP contribution < -0.4 is 4.74 Å². The zero-order valence-electron chi connectivity index (χ0n) is 17.2. The van der Waals surface area contributed by atoms with Gasteiger partial charge in [0.2, 0.25) is 0 Å². The fourth-order valence-corrected chi connectivity index (χ4v) is 4.31. The maximum absolute atomic E-state index is 15.3. The first-order valence-electron chi connectivity index (χ1n) is 10.0. The molecule has 0 aromatic heterocycles. The predicted molar refractivity (Wildman–Crippen MR) is 119 cm³/mol. The van der Waals surface area contributed by atoms with Gasteiger partial charge in [-0.25, -0.2) is 22.0 Å². The van der Waals surface area contributed by atoms with Crippen LogP contribution in [0.5, 0.6) is 5.75 Å². The number of methoxy groups -OCH3 is 1. The van der Waals surface area contributed by atoms with Crippen molar-refractivity contribution in [1.82, 2.24) is 0 Å². The lowest BCUT2D eigenvalue weighted by Crippen LogP contribution is -1.99. The molecule has 33 heavy (non-hydrogen) atoms. The van der Waals surface area contributed by atoms with Crippen LogP contribution in [0.4, 0.5) is 22.0 Å². The quantitative estimate of drug-likeness (QED) is 0.200. The minimum atomic E-state index is -1.19. The van der Waals surface area contributed by atoms with Crippen LogP contribution in [0.25, 0.3) is 43.8 Å². The molecule has 0 fully saturated rings. The highest BCUT2D eigenvalue weighted by Gasteiger charge is 2.25. The van der Waals surface area contributed by atoms with Crippen LogP contribution in [0.1, 0.15) is 0 Å². The van der Waals surface area contributed by atoms with Gasteiger partial charge < -0.3 is 4.74 Å². The summed E-state index contributed by atoms with van der Waals surface area (Å²) in [7, 11) is 1.26. The lowest BCUT2D eigenvalue weighted by molar-refractivity contribution is 0.407. The second-order valence-corrected chi connectivity index (χ2v) is 7.56. The minimum absolute atomic E-state index is 0.0480. The zero-order valence-corrected chi connectivity index (χ0v) is 17.2. The van der Waals surface area contributed by atoms with E-state index >= 15 is 13.2 Å². The molecule has 164 valence electrons. The fraction of sp³-hybridized carbons (Fsp3) is 0.0370. The van der Waals surface area contributed by atoms with Gasteiger partial charge in [-0.3, -0.25) is 0 Å². The van der Waals surface area contributed by atoms with E-state index in [2.05, 4.69) is 0 Å². The number of hydrogen-bond acceptors (Lipinski definition) is 1. The molecule has 0 N–H and O–H groups in total. The monoisotopic (exact) mass is 450 g/mol. The highest BCUT2D eigenvalue weighted by molar-refractivity contribution is 6.21. The number of rotatable bonds is 3. The maximum atomic E-state index is 15.3. The topological polar surface area (TPSA) is 9.23 Å². The molecule has 0 unspecified atom stereocenters. The summed E-state index contributed by atoms with van der Waals surface area (Å²) in [5.41, 5.74) is 0.291. The largest absolute Gasteiger partial charge is 0.497 e. The third-order valence-electron chi connectivity index (χ3n) is 5.70. The Morgan fingerprint density at radius 1 is 0.515 bits per heavy atom. The zero-order chi connectivity index (χ0) is 23.3. The van der Waals surface area contributed by atoms with E-state index in [1.807, 2.05) is 0 Å². The summed E-state index contributed by atoms with van der Waals surface area (Å²) in [6.45, 7) is 0. The number of benzene rings is 5. The van der Waals surface area contributed by atoms with Gasteiger partial charge in [0.25, 0.3) is 0 Å². The van der Waals surface area contributed by atoms with Crippen molar-refractivity contribution < 1.29 is 26.7 Å². The van der Waals surface area contributed by atoms with Crippen LogP contribution in [0.3, 0.4) is 0 Å². The Bertz CT molecular complexity index is 1520. The molecule has 0 bridgehead atoms. The van der Waals surface area contributed by atoms with Gasteiger partial charge in [0.05, 0.1) is 12.7 Å². The number of halogens is 5. The van der Waals surface area contributed by atoms with Gasteiger partial charge >= 0.3 is 0 Å². The third kappa shape index (κ3) is 3.30. The second-order valence-electron chi connectivity index (χ2n) is 7.56. The second kappa shape index (κ2) is 7.89. The molecule has 0 amide bonds. The molecule has 0 spiro atoms. The van der Waals surface area contributed by atoms with Crippen molar-refractivity contribution in [3.05, 3.63) is 102 Å². The molecule has 5 aromatic carbocycles. The molecule has 0 aliphatic rings. The van der Waals surface area contributed by atoms with E-state index < -0.39 is 34.6 Å². The van der Waals surface area contributed by atoms with Crippen LogP contribution in [0.2, 0.25) is 0 Å². The number of fused-ring (bicyclic) bond motifs is 2. The first-order chi connectivity index (χ1) is 15.9. The SMILES string of the molecule is COc1cc(F)c(-c2c3cc(F)c(F)cc3c(-c3ccccc3)c3c(F)cccc23)c(F)c1. The lowest BCUT2D eigenvalue weighted by Gasteiger charge is -2.19. The summed E-state index contributed by atoms with van der Waals surface area (Å²) >= 11 is 0. The van der Waals surface area contributed by atoms with Gasteiger partial charge in [0.1, 0.15) is 23.2 Å². The van der Waals surface area contributed by atoms with E-state index in [1.54, 1.807) is 30.3 Å². The summed E-state index contributed by atoms with van der Waals surface area (Å²) < 4.78 is 79.4. The van der Waals surface area contributed by atoms with Crippen molar-refractivity contribution in [2.75, 3.05) is 7.11 Å². The van der Waals surface area contributed by atoms with Crippen molar-refractivity contribution in [3.8, 4) is 28.0 Å². The Labute approximate surface area is 185 Å². The fourth-order valence-electron chi connectivity index (χ4n) is 4.31. The average Bonchev–Trinajstić information content (AvgIpc) is 2.80. The van der Waals surface area contributed by atoms with E-state index in [9.17, 15) is 8.78 Å². The molecule has 0 heterocycles. The normalized spacial score (nSPS) is 11.3. The summed E-state index contributed by atoms with van der Waals surface area (Å²) in [4.78, 5) is 0. The van der Waals surface area contributed by atoms with E-state index in [0.29, 0.717) is 11.1 Å². The van der Waals surface area contributed by atoms with Crippen molar-refractivity contribution in [2.24, 2.45) is 0 Å². The Morgan fingerprint density at radius 3 is 1.73 bits per heavy atom. The number of ether oxygens (including phenoxy) is 1. The van der Waals surface area contributed by atoms with Crippen molar-refractivity contribution in [2.45, 2.75) is 0 Å². The molecule has 0 radical (unpaired) electrons. The highest BCUT2D eigenvalue weighted by atomic mass is 19.2. The summed E-state index contributed by atoms with van der Waals surface area (Å²) in [6.07, 6.45) is 0. The Balaban J connectivity index is 2.07. The molecule has 0 saturated carbocycles. The minimum Gasteiger partial charge on any atom is -0.497 e. The van der Waals surface area contributed by atoms with Crippen LogP contribution in [-0.2, 0) is 0 Å². The predicted octanol–water partition coefficient (Wildman–Crippen LogP) is 8.03. The molecule has 1 nitrogen and oxygen atoms in total. The highest BCUT2D eigenvalue weighted by Crippen LogP contribution is 2.46. The Kier molecular flexibility index (Phi) is 5.01. The molecule has 0 saturated heterocycles. The van der Waals surface area contributed by atoms with Gasteiger partial charge in [-0.2, -0.15) is 0 Å². The summed E-state index contributed by atoms with van der Waals surface area (Å²) in [5.74, 6) is -5.00. The van der Waals surface area contributed by atoms with Gasteiger partial charge in [-0.05, 0) is 39.9 Å². The standard InChI is InChI=1S/C27H15F5O/c1-33-15-10-22(31)27(23(32)11-15)25-16-8-5-9-19(28)26(16)24(14-6-3-2-4-7-14)17-12-20(29)21(30)13-18(17)25/h2-13H,1H3. The molecule has 5 rings (SSSR count). The Morgan fingerprint density at radius 2 is 1.12 bits per heavy atom. The van der Waals surface area contributed by atoms with Gasteiger partial charge in [-0.15, -0.1) is 0 Å². The van der Waals surface area contributed by atoms with Gasteiger partial charge in [-0.1, -0.05) is 42.5 Å².